The molecule has 9 heteroatoms. The Kier molecular flexibility index (Phi) is 5.20. The second-order valence-electron chi connectivity index (χ2n) is 6.39. The molecule has 0 radical (unpaired) electrons. The van der Waals surface area contributed by atoms with Gasteiger partial charge in [-0.2, -0.15) is 4.98 Å². The predicted molar refractivity (Wildman–Crippen MR) is 98.3 cm³/mol. The zero-order valence-corrected chi connectivity index (χ0v) is 15.1. The van der Waals surface area contributed by atoms with Crippen LogP contribution in [0.5, 0.6) is 0 Å². The van der Waals surface area contributed by atoms with Gasteiger partial charge in [-0.15, -0.1) is 0 Å². The first-order valence-electron chi connectivity index (χ1n) is 8.55. The van der Waals surface area contributed by atoms with Crippen LogP contribution < -0.4 is 21.6 Å². The maximum atomic E-state index is 13.8. The molecule has 0 bridgehead atoms. The Morgan fingerprint density at radius 1 is 1.26 bits per heavy atom. The Bertz CT molecular complexity index is 970. The first-order chi connectivity index (χ1) is 12.8. The van der Waals surface area contributed by atoms with Crippen LogP contribution in [0.25, 0.3) is 0 Å². The van der Waals surface area contributed by atoms with Gasteiger partial charge in [0.05, 0.1) is 11.4 Å². The molecule has 2 aromatic rings. The van der Waals surface area contributed by atoms with E-state index in [1.54, 1.807) is 19.9 Å². The summed E-state index contributed by atoms with van der Waals surface area (Å²) in [6, 6.07) is 3.72. The lowest BCUT2D eigenvalue weighted by Gasteiger charge is -2.21. The highest BCUT2D eigenvalue weighted by atomic mass is 19.1. The second-order valence-corrected chi connectivity index (χ2v) is 6.39. The molecule has 0 saturated heterocycles. The number of carbonyl (C=O) groups excluding carboxylic acids is 2. The largest absolute Gasteiger partial charge is 0.348 e. The molecule has 3 N–H and O–H groups in total. The fourth-order valence-electron chi connectivity index (χ4n) is 3.05. The average molecular weight is 373 g/mol. The molecule has 1 aromatic heterocycles. The van der Waals surface area contributed by atoms with Crippen molar-refractivity contribution in [3.63, 3.8) is 0 Å². The third-order valence-electron chi connectivity index (χ3n) is 4.29. The molecule has 1 aromatic carbocycles. The van der Waals surface area contributed by atoms with Crippen molar-refractivity contribution in [2.45, 2.75) is 33.2 Å². The number of carbonyl (C=O) groups is 2. The minimum atomic E-state index is -0.562. The number of aromatic nitrogens is 2. The summed E-state index contributed by atoms with van der Waals surface area (Å²) in [5, 5.41) is 7.82. The number of fused-ring (bicyclic) bond motifs is 1. The van der Waals surface area contributed by atoms with E-state index in [1.165, 1.54) is 10.6 Å². The molecule has 27 heavy (non-hydrogen) atoms. The molecule has 2 heterocycles. The first kappa shape index (κ1) is 18.6. The Labute approximate surface area is 154 Å². The third-order valence-corrected chi connectivity index (χ3v) is 4.29. The molecular weight excluding hydrogens is 353 g/mol. The summed E-state index contributed by atoms with van der Waals surface area (Å²) in [6.07, 6.45) is 0.693. The van der Waals surface area contributed by atoms with Crippen molar-refractivity contribution >= 4 is 23.3 Å². The van der Waals surface area contributed by atoms with Gasteiger partial charge >= 0.3 is 11.7 Å². The van der Waals surface area contributed by atoms with Gasteiger partial charge in [-0.3, -0.25) is 9.36 Å². The van der Waals surface area contributed by atoms with E-state index < -0.39 is 11.8 Å². The summed E-state index contributed by atoms with van der Waals surface area (Å²) in [5.41, 5.74) is 2.25. The van der Waals surface area contributed by atoms with E-state index in [1.807, 2.05) is 0 Å². The van der Waals surface area contributed by atoms with Gasteiger partial charge in [0.1, 0.15) is 5.82 Å². The molecule has 0 spiro atoms. The number of halogens is 1. The Morgan fingerprint density at radius 3 is 2.78 bits per heavy atom. The molecule has 1 aliphatic heterocycles. The average Bonchev–Trinajstić information content (AvgIpc) is 2.57. The number of amides is 3. The predicted octanol–water partition coefficient (Wildman–Crippen LogP) is 1.71. The van der Waals surface area contributed by atoms with Crippen LogP contribution >= 0.6 is 0 Å². The van der Waals surface area contributed by atoms with Gasteiger partial charge in [-0.25, -0.2) is 14.0 Å². The fourth-order valence-corrected chi connectivity index (χ4v) is 3.05. The number of rotatable bonds is 4. The summed E-state index contributed by atoms with van der Waals surface area (Å²) in [4.78, 5) is 39.5. The van der Waals surface area contributed by atoms with Gasteiger partial charge in [0, 0.05) is 30.9 Å². The normalized spacial score (nSPS) is 12.9. The van der Waals surface area contributed by atoms with Gasteiger partial charge < -0.3 is 16.0 Å². The van der Waals surface area contributed by atoms with Crippen molar-refractivity contribution in [1.29, 1.82) is 0 Å². The zero-order valence-electron chi connectivity index (χ0n) is 15.1. The standard InChI is InChI=1S/C18H20FN5O3/c1-10-7-11(2)24(18(27)21-10)6-5-20-17(26)22-14-9-13(19)8-12-3-4-15(25)23-16(12)14/h7-9H,3-6H2,1-2H3,(H,23,25)(H2,20,22,26). The minimum absolute atomic E-state index is 0.181. The van der Waals surface area contributed by atoms with Crippen molar-refractivity contribution in [2.24, 2.45) is 0 Å². The van der Waals surface area contributed by atoms with Gasteiger partial charge in [-0.1, -0.05) is 0 Å². The fraction of sp³-hybridized carbons (Fsp3) is 0.333. The molecule has 0 aliphatic carbocycles. The number of hydrogen-bond acceptors (Lipinski definition) is 4. The molecule has 0 fully saturated rings. The lowest BCUT2D eigenvalue weighted by Crippen LogP contribution is -2.35. The van der Waals surface area contributed by atoms with Crippen LogP contribution in [-0.4, -0.2) is 28.0 Å². The second kappa shape index (κ2) is 7.56. The first-order valence-corrected chi connectivity index (χ1v) is 8.55. The van der Waals surface area contributed by atoms with Crippen molar-refractivity contribution in [2.75, 3.05) is 17.2 Å². The van der Waals surface area contributed by atoms with Crippen LogP contribution in [0.2, 0.25) is 0 Å². The van der Waals surface area contributed by atoms with E-state index in [9.17, 15) is 18.8 Å². The number of hydrogen-bond donors (Lipinski definition) is 3. The van der Waals surface area contributed by atoms with E-state index in [2.05, 4.69) is 20.9 Å². The third kappa shape index (κ3) is 4.30. The number of urea groups is 1. The van der Waals surface area contributed by atoms with Crippen LogP contribution in [0, 0.1) is 19.7 Å². The van der Waals surface area contributed by atoms with Gasteiger partial charge in [0.15, 0.2) is 0 Å². The van der Waals surface area contributed by atoms with Crippen molar-refractivity contribution in [1.82, 2.24) is 14.9 Å². The quantitative estimate of drug-likeness (QED) is 0.759. The highest BCUT2D eigenvalue weighted by Gasteiger charge is 2.20. The van der Waals surface area contributed by atoms with E-state index in [0.717, 1.165) is 11.8 Å². The van der Waals surface area contributed by atoms with Crippen molar-refractivity contribution in [3.05, 3.63) is 51.5 Å². The molecule has 8 nitrogen and oxygen atoms in total. The van der Waals surface area contributed by atoms with Crippen molar-refractivity contribution in [3.8, 4) is 0 Å². The monoisotopic (exact) mass is 373 g/mol. The smallest absolute Gasteiger partial charge is 0.336 e. The number of benzene rings is 1. The molecule has 1 aliphatic rings. The summed E-state index contributed by atoms with van der Waals surface area (Å²) in [7, 11) is 0. The summed E-state index contributed by atoms with van der Waals surface area (Å²) in [6.45, 7) is 3.96. The van der Waals surface area contributed by atoms with Crippen LogP contribution in [0.15, 0.2) is 23.0 Å². The molecule has 0 saturated carbocycles. The van der Waals surface area contributed by atoms with E-state index in [-0.39, 0.29) is 36.8 Å². The van der Waals surface area contributed by atoms with E-state index >= 15 is 0 Å². The molecule has 0 atom stereocenters. The Morgan fingerprint density at radius 2 is 2.04 bits per heavy atom. The Hall–Kier alpha value is -3.23. The van der Waals surface area contributed by atoms with Crippen LogP contribution in [0.3, 0.4) is 0 Å². The number of aryl methyl sites for hydroxylation is 3. The summed E-state index contributed by atoms with van der Waals surface area (Å²) < 4.78 is 15.2. The van der Waals surface area contributed by atoms with E-state index in [0.29, 0.717) is 23.4 Å². The topological polar surface area (TPSA) is 105 Å². The number of nitrogens with zero attached hydrogens (tertiary/aromatic N) is 2. The van der Waals surface area contributed by atoms with Crippen molar-refractivity contribution < 1.29 is 14.0 Å². The summed E-state index contributed by atoms with van der Waals surface area (Å²) in [5.74, 6) is -0.674. The van der Waals surface area contributed by atoms with Gasteiger partial charge in [0.25, 0.3) is 0 Å². The molecule has 3 amide bonds. The number of anilines is 2. The highest BCUT2D eigenvalue weighted by molar-refractivity contribution is 6.01. The highest BCUT2D eigenvalue weighted by Crippen LogP contribution is 2.31. The maximum Gasteiger partial charge on any atom is 0.348 e. The molecule has 142 valence electrons. The minimum Gasteiger partial charge on any atom is -0.336 e. The molecular formula is C18H20FN5O3. The lowest BCUT2D eigenvalue weighted by molar-refractivity contribution is -0.116. The van der Waals surface area contributed by atoms with E-state index in [4.69, 9.17) is 0 Å². The van der Waals surface area contributed by atoms with Gasteiger partial charge in [-0.05, 0) is 44.0 Å². The van der Waals surface area contributed by atoms with Crippen LogP contribution in [0.4, 0.5) is 20.6 Å². The van der Waals surface area contributed by atoms with Gasteiger partial charge in [0.2, 0.25) is 5.91 Å². The lowest BCUT2D eigenvalue weighted by atomic mass is 10.0. The summed E-state index contributed by atoms with van der Waals surface area (Å²) >= 11 is 0. The zero-order chi connectivity index (χ0) is 19.6. The molecule has 0 unspecified atom stereocenters. The molecule has 3 rings (SSSR count). The SMILES string of the molecule is Cc1cc(C)n(CCNC(=O)Nc2cc(F)cc3c2NC(=O)CC3)c(=O)n1. The number of nitrogens with one attached hydrogen (secondary N) is 3. The van der Waals surface area contributed by atoms with Crippen LogP contribution in [0.1, 0.15) is 23.4 Å². The maximum absolute atomic E-state index is 13.8. The van der Waals surface area contributed by atoms with Crippen LogP contribution in [-0.2, 0) is 17.8 Å². The Balaban J connectivity index is 1.65.